The molecule has 0 saturated heterocycles. The molecule has 0 aliphatic rings. The second-order valence-electron chi connectivity index (χ2n) is 5.75. The molecule has 134 valence electrons. The van der Waals surface area contributed by atoms with E-state index in [-0.39, 0.29) is 24.4 Å². The smallest absolute Gasteiger partial charge is 0.416 e. The molecule has 0 aliphatic carbocycles. The third-order valence-corrected chi connectivity index (χ3v) is 3.94. The number of benzene rings is 2. The Balaban J connectivity index is 1.96. The average molecular weight is 351 g/mol. The number of alkyl halides is 3. The molecule has 3 nitrogen and oxygen atoms in total. The highest BCUT2D eigenvalue weighted by Gasteiger charge is 2.33. The predicted molar refractivity (Wildman–Crippen MR) is 89.2 cm³/mol. The Morgan fingerprint density at radius 3 is 2.32 bits per heavy atom. The SMILES string of the molecule is COc1ccc(CCC(=O)N(C)Cc2ccccc2C(F)(F)F)cc1. The topological polar surface area (TPSA) is 29.5 Å². The van der Waals surface area contributed by atoms with Gasteiger partial charge in [-0.05, 0) is 35.7 Å². The van der Waals surface area contributed by atoms with Crippen LogP contribution in [0.25, 0.3) is 0 Å². The van der Waals surface area contributed by atoms with E-state index in [2.05, 4.69) is 0 Å². The molecule has 0 saturated carbocycles. The van der Waals surface area contributed by atoms with Crippen molar-refractivity contribution in [1.82, 2.24) is 4.90 Å². The molecular weight excluding hydrogens is 331 g/mol. The summed E-state index contributed by atoms with van der Waals surface area (Å²) in [6.45, 7) is -0.0723. The Morgan fingerprint density at radius 2 is 1.72 bits per heavy atom. The zero-order valence-corrected chi connectivity index (χ0v) is 14.1. The minimum Gasteiger partial charge on any atom is -0.497 e. The maximum Gasteiger partial charge on any atom is 0.416 e. The van der Waals surface area contributed by atoms with Gasteiger partial charge >= 0.3 is 6.18 Å². The summed E-state index contributed by atoms with van der Waals surface area (Å²) in [7, 11) is 3.09. The molecule has 0 spiro atoms. The molecule has 25 heavy (non-hydrogen) atoms. The van der Waals surface area contributed by atoms with Crippen LogP contribution in [0.2, 0.25) is 0 Å². The molecule has 2 aromatic rings. The van der Waals surface area contributed by atoms with Crippen molar-refractivity contribution in [2.45, 2.75) is 25.6 Å². The van der Waals surface area contributed by atoms with Gasteiger partial charge in [0, 0.05) is 20.0 Å². The Labute approximate surface area is 145 Å². The van der Waals surface area contributed by atoms with Gasteiger partial charge in [-0.3, -0.25) is 4.79 Å². The van der Waals surface area contributed by atoms with Gasteiger partial charge in [-0.2, -0.15) is 13.2 Å². The van der Waals surface area contributed by atoms with Crippen molar-refractivity contribution in [3.8, 4) is 5.75 Å². The number of aryl methyl sites for hydroxylation is 1. The van der Waals surface area contributed by atoms with Crippen molar-refractivity contribution in [3.05, 3.63) is 65.2 Å². The van der Waals surface area contributed by atoms with Crippen molar-refractivity contribution in [3.63, 3.8) is 0 Å². The van der Waals surface area contributed by atoms with Crippen molar-refractivity contribution >= 4 is 5.91 Å². The number of halogens is 3. The van der Waals surface area contributed by atoms with Crippen LogP contribution in [0.1, 0.15) is 23.1 Å². The monoisotopic (exact) mass is 351 g/mol. The number of nitrogens with zero attached hydrogens (tertiary/aromatic N) is 1. The lowest BCUT2D eigenvalue weighted by Crippen LogP contribution is -2.27. The lowest BCUT2D eigenvalue weighted by molar-refractivity contribution is -0.139. The van der Waals surface area contributed by atoms with Crippen LogP contribution >= 0.6 is 0 Å². The van der Waals surface area contributed by atoms with Crippen LogP contribution in [0.4, 0.5) is 13.2 Å². The van der Waals surface area contributed by atoms with Gasteiger partial charge in [-0.1, -0.05) is 30.3 Å². The zero-order valence-electron chi connectivity index (χ0n) is 14.1. The van der Waals surface area contributed by atoms with Crippen LogP contribution in [0.15, 0.2) is 48.5 Å². The van der Waals surface area contributed by atoms with E-state index in [1.165, 1.54) is 24.1 Å². The molecule has 0 unspecified atom stereocenters. The van der Waals surface area contributed by atoms with Crippen molar-refractivity contribution < 1.29 is 22.7 Å². The summed E-state index contributed by atoms with van der Waals surface area (Å²) >= 11 is 0. The molecule has 1 amide bonds. The summed E-state index contributed by atoms with van der Waals surface area (Å²) in [6, 6.07) is 12.7. The number of carbonyl (C=O) groups excluding carboxylic acids is 1. The molecule has 0 atom stereocenters. The molecule has 0 fully saturated rings. The van der Waals surface area contributed by atoms with Gasteiger partial charge in [0.25, 0.3) is 0 Å². The van der Waals surface area contributed by atoms with E-state index < -0.39 is 11.7 Å². The number of amides is 1. The second kappa shape index (κ2) is 8.05. The van der Waals surface area contributed by atoms with Gasteiger partial charge in [0.15, 0.2) is 0 Å². The Bertz CT molecular complexity index is 711. The summed E-state index contributed by atoms with van der Waals surface area (Å²) in [6.07, 6.45) is -3.67. The molecule has 2 aromatic carbocycles. The lowest BCUT2D eigenvalue weighted by atomic mass is 10.1. The van der Waals surface area contributed by atoms with E-state index in [4.69, 9.17) is 4.74 Å². The first-order valence-corrected chi connectivity index (χ1v) is 7.83. The van der Waals surface area contributed by atoms with Crippen LogP contribution in [-0.2, 0) is 23.9 Å². The molecule has 0 bridgehead atoms. The number of rotatable bonds is 6. The fraction of sp³-hybridized carbons (Fsp3) is 0.316. The Kier molecular flexibility index (Phi) is 6.07. The van der Waals surface area contributed by atoms with Gasteiger partial charge in [-0.15, -0.1) is 0 Å². The van der Waals surface area contributed by atoms with Crippen molar-refractivity contribution in [1.29, 1.82) is 0 Å². The third-order valence-electron chi connectivity index (χ3n) is 3.94. The normalized spacial score (nSPS) is 11.2. The highest BCUT2D eigenvalue weighted by molar-refractivity contribution is 5.76. The summed E-state index contributed by atoms with van der Waals surface area (Å²) in [5.41, 5.74) is 0.360. The molecular formula is C19H20F3NO2. The number of methoxy groups -OCH3 is 1. The summed E-state index contributed by atoms with van der Waals surface area (Å²) in [5, 5.41) is 0. The number of ether oxygens (including phenoxy) is 1. The first kappa shape index (κ1) is 18.8. The highest BCUT2D eigenvalue weighted by atomic mass is 19.4. The van der Waals surface area contributed by atoms with Crippen molar-refractivity contribution in [2.75, 3.05) is 14.2 Å². The minimum atomic E-state index is -4.43. The highest BCUT2D eigenvalue weighted by Crippen LogP contribution is 2.32. The summed E-state index contributed by atoms with van der Waals surface area (Å²) < 4.78 is 44.1. The van der Waals surface area contributed by atoms with Crippen LogP contribution in [0, 0.1) is 0 Å². The molecule has 0 radical (unpaired) electrons. The quantitative estimate of drug-likeness (QED) is 0.776. The van der Waals surface area contributed by atoms with E-state index in [0.717, 1.165) is 17.4 Å². The number of hydrogen-bond donors (Lipinski definition) is 0. The van der Waals surface area contributed by atoms with Gasteiger partial charge in [-0.25, -0.2) is 0 Å². The van der Waals surface area contributed by atoms with Crippen LogP contribution in [-0.4, -0.2) is 25.0 Å². The molecule has 0 heterocycles. The molecule has 0 aromatic heterocycles. The van der Waals surface area contributed by atoms with E-state index >= 15 is 0 Å². The molecule has 2 rings (SSSR count). The third kappa shape index (κ3) is 5.24. The van der Waals surface area contributed by atoms with Gasteiger partial charge in [0.2, 0.25) is 5.91 Å². The number of hydrogen-bond acceptors (Lipinski definition) is 2. The predicted octanol–water partition coefficient (Wildman–Crippen LogP) is 4.31. The average Bonchev–Trinajstić information content (AvgIpc) is 2.59. The van der Waals surface area contributed by atoms with Gasteiger partial charge in [0.05, 0.1) is 12.7 Å². The van der Waals surface area contributed by atoms with Gasteiger partial charge in [0.1, 0.15) is 5.75 Å². The fourth-order valence-corrected chi connectivity index (χ4v) is 2.51. The first-order valence-electron chi connectivity index (χ1n) is 7.83. The molecule has 6 heteroatoms. The standard InChI is InChI=1S/C19H20F3NO2/c1-23(13-15-5-3-4-6-17(15)19(20,21)22)18(24)12-9-14-7-10-16(25-2)11-8-14/h3-8,10-11H,9,12-13H2,1-2H3. The van der Waals surface area contributed by atoms with Gasteiger partial charge < -0.3 is 9.64 Å². The van der Waals surface area contributed by atoms with Crippen LogP contribution < -0.4 is 4.74 Å². The molecule has 0 N–H and O–H groups in total. The van der Waals surface area contributed by atoms with E-state index in [9.17, 15) is 18.0 Å². The summed E-state index contributed by atoms with van der Waals surface area (Å²) in [5.74, 6) is 0.531. The van der Waals surface area contributed by atoms with E-state index in [1.807, 2.05) is 24.3 Å². The fourth-order valence-electron chi connectivity index (χ4n) is 2.51. The first-order chi connectivity index (χ1) is 11.8. The Morgan fingerprint density at radius 1 is 1.08 bits per heavy atom. The maximum absolute atomic E-state index is 13.0. The number of carbonyl (C=O) groups is 1. The maximum atomic E-state index is 13.0. The van der Waals surface area contributed by atoms with Crippen molar-refractivity contribution in [2.24, 2.45) is 0 Å². The Hall–Kier alpha value is -2.50. The lowest BCUT2D eigenvalue weighted by Gasteiger charge is -2.20. The zero-order chi connectivity index (χ0) is 18.4. The molecule has 0 aliphatic heterocycles. The second-order valence-corrected chi connectivity index (χ2v) is 5.75. The van der Waals surface area contributed by atoms with E-state index in [1.54, 1.807) is 13.2 Å². The largest absolute Gasteiger partial charge is 0.497 e. The van der Waals surface area contributed by atoms with E-state index in [0.29, 0.717) is 6.42 Å². The minimum absolute atomic E-state index is 0.0723. The van der Waals surface area contributed by atoms with Crippen LogP contribution in [0.3, 0.4) is 0 Å². The van der Waals surface area contributed by atoms with Crippen LogP contribution in [0.5, 0.6) is 5.75 Å². The summed E-state index contributed by atoms with van der Waals surface area (Å²) in [4.78, 5) is 13.6.